The van der Waals surface area contributed by atoms with E-state index >= 15 is 0 Å². The van der Waals surface area contributed by atoms with Crippen molar-refractivity contribution in [2.75, 3.05) is 13.2 Å². The summed E-state index contributed by atoms with van der Waals surface area (Å²) in [6.45, 7) is 0.339. The highest BCUT2D eigenvalue weighted by Gasteiger charge is 2.10. The van der Waals surface area contributed by atoms with Gasteiger partial charge in [-0.1, -0.05) is 66.2 Å². The second-order valence-electron chi connectivity index (χ2n) is 9.51. The van der Waals surface area contributed by atoms with Gasteiger partial charge in [-0.25, -0.2) is 5.43 Å². The van der Waals surface area contributed by atoms with Crippen LogP contribution in [-0.4, -0.2) is 36.3 Å². The number of hydrogen-bond donors (Lipinski definition) is 3. The topological polar surface area (TPSA) is 109 Å². The smallest absolute Gasteiger partial charge is 0.271 e. The maximum Gasteiger partial charge on any atom is 0.271 e. The number of fused-ring (bicyclic) bond motifs is 1. The number of carbonyl (C=O) groups excluding carboxylic acids is 2. The fraction of sp³-hybridized carbons (Fsp3) is 0.0882. The second-order valence-corrected chi connectivity index (χ2v) is 9.92. The number of nitrogens with one attached hydrogen (secondary N) is 2. The number of aromatic hydroxyl groups is 1. The second kappa shape index (κ2) is 14.0. The molecule has 0 heterocycles. The van der Waals surface area contributed by atoms with E-state index in [9.17, 15) is 14.7 Å². The number of phenolic OH excluding ortho intramolecular Hbond substituents is 1. The molecule has 5 rings (SSSR count). The lowest BCUT2D eigenvalue weighted by Crippen LogP contribution is -2.30. The van der Waals surface area contributed by atoms with Crippen LogP contribution in [-0.2, 0) is 11.2 Å². The van der Waals surface area contributed by atoms with Gasteiger partial charge in [0, 0.05) is 23.1 Å². The quantitative estimate of drug-likeness (QED) is 0.120. The number of hydrogen-bond acceptors (Lipinski definition) is 6. The van der Waals surface area contributed by atoms with Crippen molar-refractivity contribution in [2.45, 2.75) is 6.42 Å². The van der Waals surface area contributed by atoms with Gasteiger partial charge < -0.3 is 19.9 Å². The molecule has 0 aliphatic carbocycles. The van der Waals surface area contributed by atoms with Crippen molar-refractivity contribution < 1.29 is 24.2 Å². The molecular weight excluding hydrogens is 566 g/mol. The van der Waals surface area contributed by atoms with Crippen LogP contribution in [0.25, 0.3) is 10.8 Å². The van der Waals surface area contributed by atoms with E-state index in [0.29, 0.717) is 18.7 Å². The van der Waals surface area contributed by atoms with Gasteiger partial charge in [0.1, 0.15) is 23.0 Å². The maximum atomic E-state index is 12.5. The highest BCUT2D eigenvalue weighted by atomic mass is 35.5. The van der Waals surface area contributed by atoms with Crippen molar-refractivity contribution in [1.29, 1.82) is 0 Å². The van der Waals surface area contributed by atoms with Crippen LogP contribution >= 0.6 is 11.6 Å². The van der Waals surface area contributed by atoms with Crippen molar-refractivity contribution in [1.82, 2.24) is 10.7 Å². The molecule has 8 nitrogen and oxygen atoms in total. The van der Waals surface area contributed by atoms with E-state index < -0.39 is 5.91 Å². The molecule has 0 bridgehead atoms. The molecular formula is C34H28ClN3O5. The number of phenols is 1. The Hall–Kier alpha value is -5.34. The number of ether oxygens (including phenoxy) is 2. The Morgan fingerprint density at radius 1 is 0.837 bits per heavy atom. The molecule has 43 heavy (non-hydrogen) atoms. The van der Waals surface area contributed by atoms with Crippen LogP contribution < -0.4 is 20.2 Å². The molecule has 216 valence electrons. The molecule has 5 aromatic carbocycles. The molecule has 0 saturated carbocycles. The van der Waals surface area contributed by atoms with Crippen LogP contribution in [0.2, 0.25) is 5.02 Å². The fourth-order valence-electron chi connectivity index (χ4n) is 4.30. The van der Waals surface area contributed by atoms with Gasteiger partial charge in [0.05, 0.1) is 11.2 Å². The number of benzene rings is 5. The Morgan fingerprint density at radius 3 is 2.33 bits per heavy atom. The maximum absolute atomic E-state index is 12.5. The summed E-state index contributed by atoms with van der Waals surface area (Å²) in [4.78, 5) is 24.9. The number of hydrazone groups is 1. The molecule has 0 aromatic heterocycles. The van der Waals surface area contributed by atoms with Crippen molar-refractivity contribution in [2.24, 2.45) is 5.10 Å². The van der Waals surface area contributed by atoms with Gasteiger partial charge in [0.15, 0.2) is 6.61 Å². The number of rotatable bonds is 11. The third-order valence-electron chi connectivity index (χ3n) is 6.49. The van der Waals surface area contributed by atoms with Crippen molar-refractivity contribution in [3.63, 3.8) is 0 Å². The Morgan fingerprint density at radius 2 is 1.56 bits per heavy atom. The largest absolute Gasteiger partial charge is 0.506 e. The number of nitrogens with zero attached hydrogens (tertiary/aromatic N) is 1. The SMILES string of the molecule is O=C(COc1ccc(C=NNC(=O)c2ccc(O)c(Cl)c2)c2ccccc12)NCCc1ccc(Oc2ccccc2)cc1. The lowest BCUT2D eigenvalue weighted by molar-refractivity contribution is -0.123. The van der Waals surface area contributed by atoms with Gasteiger partial charge in [-0.3, -0.25) is 9.59 Å². The predicted octanol–water partition coefficient (Wildman–Crippen LogP) is 6.49. The summed E-state index contributed by atoms with van der Waals surface area (Å²) < 4.78 is 11.7. The lowest BCUT2D eigenvalue weighted by Gasteiger charge is -2.11. The average Bonchev–Trinajstić information content (AvgIpc) is 3.03. The minimum atomic E-state index is -0.470. The average molecular weight is 594 g/mol. The highest BCUT2D eigenvalue weighted by molar-refractivity contribution is 6.32. The van der Waals surface area contributed by atoms with Crippen molar-refractivity contribution in [3.8, 4) is 23.0 Å². The summed E-state index contributed by atoms with van der Waals surface area (Å²) in [5, 5.41) is 18.2. The van der Waals surface area contributed by atoms with Gasteiger partial charge in [-0.05, 0) is 72.0 Å². The molecule has 9 heteroatoms. The molecule has 3 N–H and O–H groups in total. The molecule has 0 fully saturated rings. The normalized spacial score (nSPS) is 10.9. The van der Waals surface area contributed by atoms with E-state index in [0.717, 1.165) is 33.4 Å². The highest BCUT2D eigenvalue weighted by Crippen LogP contribution is 2.28. The van der Waals surface area contributed by atoms with E-state index in [1.165, 1.54) is 24.4 Å². The van der Waals surface area contributed by atoms with E-state index in [4.69, 9.17) is 21.1 Å². The van der Waals surface area contributed by atoms with E-state index in [2.05, 4.69) is 15.8 Å². The van der Waals surface area contributed by atoms with Crippen LogP contribution in [0, 0.1) is 0 Å². The Balaban J connectivity index is 1.12. The first-order valence-corrected chi connectivity index (χ1v) is 13.9. The van der Waals surface area contributed by atoms with Gasteiger partial charge in [0.25, 0.3) is 11.8 Å². The molecule has 0 aliphatic rings. The molecule has 5 aromatic rings. The monoisotopic (exact) mass is 593 g/mol. The van der Waals surface area contributed by atoms with Crippen LogP contribution in [0.3, 0.4) is 0 Å². The van der Waals surface area contributed by atoms with E-state index in [1.54, 1.807) is 12.1 Å². The van der Waals surface area contributed by atoms with Crippen molar-refractivity contribution in [3.05, 3.63) is 131 Å². The molecule has 0 atom stereocenters. The lowest BCUT2D eigenvalue weighted by atomic mass is 10.0. The van der Waals surface area contributed by atoms with E-state index in [1.807, 2.05) is 78.9 Å². The summed E-state index contributed by atoms with van der Waals surface area (Å²) in [7, 11) is 0. The molecule has 0 unspecified atom stereocenters. The number of para-hydroxylation sites is 1. The van der Waals surface area contributed by atoms with Crippen LogP contribution in [0.15, 0.2) is 114 Å². The zero-order chi connectivity index (χ0) is 30.0. The van der Waals surface area contributed by atoms with Gasteiger partial charge in [-0.2, -0.15) is 5.10 Å². The van der Waals surface area contributed by atoms with Gasteiger partial charge >= 0.3 is 0 Å². The summed E-state index contributed by atoms with van der Waals surface area (Å²) in [6, 6.07) is 32.6. The standard InChI is InChI=1S/C34H28ClN3O5/c35-30-20-24(12-16-31(30)39)34(41)38-37-21-25-13-17-32(29-9-5-4-8-28(25)29)42-22-33(40)36-19-18-23-10-14-27(15-11-23)43-26-6-2-1-3-7-26/h1-17,20-21,39H,18-19,22H2,(H,36,40)(H,38,41). The molecule has 0 aliphatic heterocycles. The van der Waals surface area contributed by atoms with Crippen LogP contribution in [0.5, 0.6) is 23.0 Å². The predicted molar refractivity (Wildman–Crippen MR) is 167 cm³/mol. The van der Waals surface area contributed by atoms with Crippen LogP contribution in [0.1, 0.15) is 21.5 Å². The number of halogens is 1. The number of carbonyl (C=O) groups is 2. The molecule has 2 amide bonds. The molecule has 0 saturated heterocycles. The zero-order valence-electron chi connectivity index (χ0n) is 23.0. The Kier molecular flexibility index (Phi) is 9.51. The summed E-state index contributed by atoms with van der Waals surface area (Å²) >= 11 is 5.88. The summed E-state index contributed by atoms with van der Waals surface area (Å²) in [6.07, 6.45) is 2.20. The van der Waals surface area contributed by atoms with Crippen LogP contribution in [0.4, 0.5) is 0 Å². The first kappa shape index (κ1) is 29.2. The Labute approximate surface area is 253 Å². The van der Waals surface area contributed by atoms with Gasteiger partial charge in [0.2, 0.25) is 0 Å². The van der Waals surface area contributed by atoms with Crippen molar-refractivity contribution >= 4 is 40.4 Å². The minimum absolute atomic E-state index is 0.0758. The Bertz CT molecular complexity index is 1760. The minimum Gasteiger partial charge on any atom is -0.506 e. The third-order valence-corrected chi connectivity index (χ3v) is 6.80. The fourth-order valence-corrected chi connectivity index (χ4v) is 4.48. The zero-order valence-corrected chi connectivity index (χ0v) is 23.8. The first-order chi connectivity index (χ1) is 21.0. The van der Waals surface area contributed by atoms with Gasteiger partial charge in [-0.15, -0.1) is 0 Å². The molecule has 0 spiro atoms. The third kappa shape index (κ3) is 7.90. The summed E-state index contributed by atoms with van der Waals surface area (Å²) in [5.41, 5.74) is 4.54. The number of amides is 2. The summed E-state index contributed by atoms with van der Waals surface area (Å²) in [5.74, 6) is 1.28. The molecule has 0 radical (unpaired) electrons. The van der Waals surface area contributed by atoms with E-state index in [-0.39, 0.29) is 28.8 Å². The first-order valence-electron chi connectivity index (χ1n) is 13.5.